The highest BCUT2D eigenvalue weighted by atomic mass is 35.5. The summed E-state index contributed by atoms with van der Waals surface area (Å²) in [4.78, 5) is 0. The number of aliphatic hydroxyl groups excluding tert-OH is 1. The standard InChI is InChI=1S/C12H12ClNO3S2/c13-11-4-5-12(18-11)19(16,17)14-7-9-2-1-3-10(6-9)8-15/h1-6,14-15H,7-8H2. The van der Waals surface area contributed by atoms with Gasteiger partial charge < -0.3 is 5.11 Å². The number of halogens is 1. The lowest BCUT2D eigenvalue weighted by molar-refractivity contribution is 0.281. The normalized spacial score (nSPS) is 11.7. The lowest BCUT2D eigenvalue weighted by atomic mass is 10.1. The molecule has 1 aromatic heterocycles. The van der Waals surface area contributed by atoms with E-state index in [1.165, 1.54) is 6.07 Å². The molecule has 0 aliphatic heterocycles. The van der Waals surface area contributed by atoms with Crippen molar-refractivity contribution < 1.29 is 13.5 Å². The van der Waals surface area contributed by atoms with Crippen LogP contribution in [0.3, 0.4) is 0 Å². The average molecular weight is 318 g/mol. The molecule has 0 amide bonds. The first-order valence-corrected chi connectivity index (χ1v) is 8.13. The molecular formula is C12H12ClNO3S2. The van der Waals surface area contributed by atoms with E-state index in [1.807, 2.05) is 0 Å². The van der Waals surface area contributed by atoms with Crippen molar-refractivity contribution in [2.24, 2.45) is 0 Å². The van der Waals surface area contributed by atoms with Crippen LogP contribution >= 0.6 is 22.9 Å². The van der Waals surface area contributed by atoms with Gasteiger partial charge in [-0.2, -0.15) is 0 Å². The van der Waals surface area contributed by atoms with Gasteiger partial charge in [-0.1, -0.05) is 35.9 Å². The van der Waals surface area contributed by atoms with Gasteiger partial charge in [0, 0.05) is 6.54 Å². The summed E-state index contributed by atoms with van der Waals surface area (Å²) in [5.74, 6) is 0. The van der Waals surface area contributed by atoms with Crippen molar-refractivity contribution in [3.63, 3.8) is 0 Å². The van der Waals surface area contributed by atoms with Crippen molar-refractivity contribution in [2.45, 2.75) is 17.4 Å². The Morgan fingerprint density at radius 2 is 1.95 bits per heavy atom. The zero-order chi connectivity index (χ0) is 13.9. The van der Waals surface area contributed by atoms with Gasteiger partial charge in [-0.05, 0) is 23.3 Å². The van der Waals surface area contributed by atoms with Gasteiger partial charge in [-0.15, -0.1) is 11.3 Å². The van der Waals surface area contributed by atoms with Gasteiger partial charge in [-0.25, -0.2) is 13.1 Å². The Balaban J connectivity index is 2.09. The summed E-state index contributed by atoms with van der Waals surface area (Å²) in [6.45, 7) is 0.104. The summed E-state index contributed by atoms with van der Waals surface area (Å²) < 4.78 is 27.1. The third-order valence-electron chi connectivity index (χ3n) is 2.45. The van der Waals surface area contributed by atoms with E-state index in [-0.39, 0.29) is 17.4 Å². The molecule has 0 atom stereocenters. The molecule has 2 N–H and O–H groups in total. The van der Waals surface area contributed by atoms with E-state index < -0.39 is 10.0 Å². The fourth-order valence-corrected chi connectivity index (χ4v) is 4.07. The minimum absolute atomic E-state index is 0.0683. The summed E-state index contributed by atoms with van der Waals surface area (Å²) in [5.41, 5.74) is 1.54. The lowest BCUT2D eigenvalue weighted by Crippen LogP contribution is -2.22. The number of thiophene rings is 1. The number of benzene rings is 1. The molecule has 2 rings (SSSR count). The second kappa shape index (κ2) is 6.02. The van der Waals surface area contributed by atoms with Crippen LogP contribution < -0.4 is 4.72 Å². The van der Waals surface area contributed by atoms with Crippen LogP contribution in [0, 0.1) is 0 Å². The first-order chi connectivity index (χ1) is 9.01. The van der Waals surface area contributed by atoms with Crippen molar-refractivity contribution in [1.82, 2.24) is 4.72 Å². The van der Waals surface area contributed by atoms with E-state index >= 15 is 0 Å². The SMILES string of the molecule is O=S(=O)(NCc1cccc(CO)c1)c1ccc(Cl)s1. The van der Waals surface area contributed by atoms with Crippen molar-refractivity contribution >= 4 is 33.0 Å². The number of hydrogen-bond acceptors (Lipinski definition) is 4. The fraction of sp³-hybridized carbons (Fsp3) is 0.167. The fourth-order valence-electron chi connectivity index (χ4n) is 1.53. The largest absolute Gasteiger partial charge is 0.392 e. The number of sulfonamides is 1. The zero-order valence-electron chi connectivity index (χ0n) is 9.84. The second-order valence-corrected chi connectivity index (χ2v) is 7.57. The average Bonchev–Trinajstić information content (AvgIpc) is 2.84. The van der Waals surface area contributed by atoms with Crippen LogP contribution in [0.5, 0.6) is 0 Å². The van der Waals surface area contributed by atoms with E-state index in [2.05, 4.69) is 4.72 Å². The number of aliphatic hydroxyl groups is 1. The monoisotopic (exact) mass is 317 g/mol. The molecule has 0 aliphatic rings. The van der Waals surface area contributed by atoms with E-state index in [1.54, 1.807) is 30.3 Å². The van der Waals surface area contributed by atoms with E-state index in [9.17, 15) is 8.42 Å². The van der Waals surface area contributed by atoms with Crippen LogP contribution in [-0.2, 0) is 23.2 Å². The molecule has 0 radical (unpaired) electrons. The van der Waals surface area contributed by atoms with Crippen molar-refractivity contribution in [3.8, 4) is 0 Å². The van der Waals surface area contributed by atoms with Crippen LogP contribution in [0.15, 0.2) is 40.6 Å². The number of rotatable bonds is 5. The Hall–Kier alpha value is -0.920. The third-order valence-corrected chi connectivity index (χ3v) is 5.58. The molecule has 0 bridgehead atoms. The molecule has 0 saturated carbocycles. The van der Waals surface area contributed by atoms with Gasteiger partial charge in [0.05, 0.1) is 10.9 Å². The quantitative estimate of drug-likeness (QED) is 0.889. The van der Waals surface area contributed by atoms with Crippen LogP contribution in [0.1, 0.15) is 11.1 Å². The Kier molecular flexibility index (Phi) is 4.59. The van der Waals surface area contributed by atoms with Crippen molar-refractivity contribution in [2.75, 3.05) is 0 Å². The van der Waals surface area contributed by atoms with Gasteiger partial charge in [0.25, 0.3) is 0 Å². The molecule has 7 heteroatoms. The minimum Gasteiger partial charge on any atom is -0.392 e. The molecule has 2 aromatic rings. The topological polar surface area (TPSA) is 66.4 Å². The van der Waals surface area contributed by atoms with Gasteiger partial charge in [0.15, 0.2) is 0 Å². The van der Waals surface area contributed by atoms with E-state index in [0.29, 0.717) is 4.34 Å². The molecule has 1 aromatic carbocycles. The van der Waals surface area contributed by atoms with Gasteiger partial charge in [0.2, 0.25) is 10.0 Å². The van der Waals surface area contributed by atoms with Crippen LogP contribution in [0.2, 0.25) is 4.34 Å². The molecule has 0 fully saturated rings. The molecular weight excluding hydrogens is 306 g/mol. The van der Waals surface area contributed by atoms with Gasteiger partial charge in [-0.3, -0.25) is 0 Å². The first-order valence-electron chi connectivity index (χ1n) is 5.45. The smallest absolute Gasteiger partial charge is 0.250 e. The number of hydrogen-bond donors (Lipinski definition) is 2. The Morgan fingerprint density at radius 1 is 1.21 bits per heavy atom. The molecule has 0 unspecified atom stereocenters. The predicted molar refractivity (Wildman–Crippen MR) is 75.7 cm³/mol. The molecule has 0 saturated heterocycles. The molecule has 102 valence electrons. The van der Waals surface area contributed by atoms with Crippen LogP contribution in [-0.4, -0.2) is 13.5 Å². The number of nitrogens with one attached hydrogen (secondary N) is 1. The second-order valence-electron chi connectivity index (χ2n) is 3.86. The van der Waals surface area contributed by atoms with Crippen molar-refractivity contribution in [3.05, 3.63) is 51.9 Å². The maximum absolute atomic E-state index is 12.0. The van der Waals surface area contributed by atoms with E-state index in [4.69, 9.17) is 16.7 Å². The molecule has 1 heterocycles. The highest BCUT2D eigenvalue weighted by Gasteiger charge is 2.16. The van der Waals surface area contributed by atoms with Gasteiger partial charge in [0.1, 0.15) is 4.21 Å². The third kappa shape index (κ3) is 3.77. The minimum atomic E-state index is -3.54. The highest BCUT2D eigenvalue weighted by Crippen LogP contribution is 2.25. The highest BCUT2D eigenvalue weighted by molar-refractivity contribution is 7.91. The maximum Gasteiger partial charge on any atom is 0.250 e. The molecule has 0 aliphatic carbocycles. The van der Waals surface area contributed by atoms with Crippen LogP contribution in [0.25, 0.3) is 0 Å². The first kappa shape index (κ1) is 14.5. The molecule has 0 spiro atoms. The Labute approximate surface area is 120 Å². The summed E-state index contributed by atoms with van der Waals surface area (Å²) in [6, 6.07) is 10.1. The molecule has 4 nitrogen and oxygen atoms in total. The Bertz CT molecular complexity index is 667. The Morgan fingerprint density at radius 3 is 2.58 bits per heavy atom. The van der Waals surface area contributed by atoms with Gasteiger partial charge >= 0.3 is 0 Å². The zero-order valence-corrected chi connectivity index (χ0v) is 12.2. The van der Waals surface area contributed by atoms with Crippen molar-refractivity contribution in [1.29, 1.82) is 0 Å². The summed E-state index contributed by atoms with van der Waals surface area (Å²) in [6.07, 6.45) is 0. The summed E-state index contributed by atoms with van der Waals surface area (Å²) in [7, 11) is -3.54. The predicted octanol–water partition coefficient (Wildman–Crippen LogP) is 2.37. The summed E-state index contributed by atoms with van der Waals surface area (Å²) >= 11 is 6.73. The lowest BCUT2D eigenvalue weighted by Gasteiger charge is -2.06. The summed E-state index contributed by atoms with van der Waals surface area (Å²) in [5, 5.41) is 9.02. The van der Waals surface area contributed by atoms with Crippen LogP contribution in [0.4, 0.5) is 0 Å². The van der Waals surface area contributed by atoms with E-state index in [0.717, 1.165) is 22.5 Å². The maximum atomic E-state index is 12.0. The molecule has 19 heavy (non-hydrogen) atoms.